The van der Waals surface area contributed by atoms with Gasteiger partial charge in [-0.25, -0.2) is 9.78 Å². The molecule has 0 amide bonds. The second-order valence-corrected chi connectivity index (χ2v) is 1.99. The fourth-order valence-corrected chi connectivity index (χ4v) is 0.804. The highest BCUT2D eigenvalue weighted by Gasteiger charge is 2.08. The Morgan fingerprint density at radius 3 is 2.91 bits per heavy atom. The molecule has 0 aromatic carbocycles. The van der Waals surface area contributed by atoms with Crippen LogP contribution in [0.4, 0.5) is 5.69 Å². The molecule has 0 bridgehead atoms. The minimum atomic E-state index is -1.10. The van der Waals surface area contributed by atoms with Crippen molar-refractivity contribution in [3.63, 3.8) is 0 Å². The molecule has 0 unspecified atom stereocenters. The first-order valence-electron chi connectivity index (χ1n) is 2.80. The van der Waals surface area contributed by atoms with Gasteiger partial charge < -0.3 is 5.11 Å². The number of hydrogen-bond donors (Lipinski definition) is 2. The Hall–Kier alpha value is -1.29. The van der Waals surface area contributed by atoms with E-state index >= 15 is 0 Å². The second kappa shape index (κ2) is 3.21. The lowest BCUT2D eigenvalue weighted by atomic mass is 10.3. The van der Waals surface area contributed by atoms with Crippen LogP contribution in [0.3, 0.4) is 0 Å². The van der Waals surface area contributed by atoms with Gasteiger partial charge in [-0.3, -0.25) is 4.84 Å². The molecule has 1 aromatic rings. The number of halogens is 1. The fraction of sp³-hybridized carbons (Fsp3) is 0. The lowest BCUT2D eigenvalue weighted by Gasteiger charge is -1.99. The number of aromatic carboxylic acids is 1. The van der Waals surface area contributed by atoms with Crippen LogP contribution < -0.4 is 4.84 Å². The number of carboxylic acid groups (broad SMARTS) is 1. The molecule has 2 N–H and O–H groups in total. The number of hydrogen-bond acceptors (Lipinski definition) is 3. The Morgan fingerprint density at radius 1 is 1.73 bits per heavy atom. The van der Waals surface area contributed by atoms with Gasteiger partial charge in [0.1, 0.15) is 0 Å². The van der Waals surface area contributed by atoms with Gasteiger partial charge in [0.2, 0.25) is 0 Å². The molecule has 0 saturated heterocycles. The summed E-state index contributed by atoms with van der Waals surface area (Å²) in [6, 6.07) is 3.13. The molecule has 0 fully saturated rings. The summed E-state index contributed by atoms with van der Waals surface area (Å²) in [6.45, 7) is 0. The van der Waals surface area contributed by atoms with Gasteiger partial charge >= 0.3 is 5.97 Å². The van der Waals surface area contributed by atoms with Crippen molar-refractivity contribution in [2.45, 2.75) is 0 Å². The third-order valence-corrected chi connectivity index (χ3v) is 1.32. The van der Waals surface area contributed by atoms with E-state index < -0.39 is 5.97 Å². The SMILES string of the molecule is O=C(O)c1ncccc1NCl. The summed E-state index contributed by atoms with van der Waals surface area (Å²) < 4.78 is 0. The molecular weight excluding hydrogens is 168 g/mol. The van der Waals surface area contributed by atoms with Crippen LogP contribution in [0.1, 0.15) is 10.5 Å². The molecule has 0 radical (unpaired) electrons. The normalized spacial score (nSPS) is 9.18. The fourth-order valence-electron chi connectivity index (χ4n) is 0.652. The number of anilines is 1. The average molecular weight is 173 g/mol. The molecule has 1 heterocycles. The van der Waals surface area contributed by atoms with Crippen molar-refractivity contribution in [1.29, 1.82) is 0 Å². The maximum atomic E-state index is 10.4. The van der Waals surface area contributed by atoms with Crippen LogP contribution in [0.25, 0.3) is 0 Å². The Balaban J connectivity index is 3.12. The molecule has 11 heavy (non-hydrogen) atoms. The minimum Gasteiger partial charge on any atom is -0.476 e. The summed E-state index contributed by atoms with van der Waals surface area (Å²) >= 11 is 5.22. The van der Waals surface area contributed by atoms with E-state index in [1.165, 1.54) is 12.3 Å². The van der Waals surface area contributed by atoms with Gasteiger partial charge in [0.15, 0.2) is 5.69 Å². The van der Waals surface area contributed by atoms with E-state index in [0.717, 1.165) is 0 Å². The summed E-state index contributed by atoms with van der Waals surface area (Å²) in [4.78, 5) is 16.2. The van der Waals surface area contributed by atoms with E-state index in [1.807, 2.05) is 0 Å². The van der Waals surface area contributed by atoms with Crippen molar-refractivity contribution in [3.8, 4) is 0 Å². The Labute approximate surface area is 67.9 Å². The van der Waals surface area contributed by atoms with Crippen molar-refractivity contribution in [2.75, 3.05) is 4.84 Å². The second-order valence-electron chi connectivity index (χ2n) is 1.80. The number of carboxylic acids is 1. The predicted octanol–water partition coefficient (Wildman–Crippen LogP) is 1.35. The van der Waals surface area contributed by atoms with Gasteiger partial charge in [0.25, 0.3) is 0 Å². The maximum absolute atomic E-state index is 10.4. The van der Waals surface area contributed by atoms with Crippen LogP contribution in [0.15, 0.2) is 18.3 Å². The quantitative estimate of drug-likeness (QED) is 0.661. The van der Waals surface area contributed by atoms with E-state index in [2.05, 4.69) is 9.82 Å². The summed E-state index contributed by atoms with van der Waals surface area (Å²) in [5.74, 6) is -1.10. The van der Waals surface area contributed by atoms with Crippen molar-refractivity contribution in [2.24, 2.45) is 0 Å². The van der Waals surface area contributed by atoms with E-state index in [4.69, 9.17) is 16.9 Å². The lowest BCUT2D eigenvalue weighted by Crippen LogP contribution is -2.02. The van der Waals surface area contributed by atoms with Gasteiger partial charge in [0.05, 0.1) is 5.69 Å². The third kappa shape index (κ3) is 1.59. The summed E-state index contributed by atoms with van der Waals surface area (Å²) in [7, 11) is 0. The highest BCUT2D eigenvalue weighted by molar-refractivity contribution is 6.24. The zero-order chi connectivity index (χ0) is 8.27. The Morgan fingerprint density at radius 2 is 2.45 bits per heavy atom. The summed E-state index contributed by atoms with van der Waals surface area (Å²) in [5.41, 5.74) is 0.212. The summed E-state index contributed by atoms with van der Waals surface area (Å²) in [5, 5.41) is 8.54. The minimum absolute atomic E-state index is 0.0810. The molecule has 0 aliphatic heterocycles. The van der Waals surface area contributed by atoms with Gasteiger partial charge in [-0.15, -0.1) is 0 Å². The molecule has 1 rings (SSSR count). The first-order valence-corrected chi connectivity index (χ1v) is 3.18. The molecule has 0 aliphatic carbocycles. The highest BCUT2D eigenvalue weighted by atomic mass is 35.5. The predicted molar refractivity (Wildman–Crippen MR) is 40.7 cm³/mol. The van der Waals surface area contributed by atoms with Crippen molar-refractivity contribution in [1.82, 2.24) is 4.98 Å². The third-order valence-electron chi connectivity index (χ3n) is 1.11. The molecule has 5 heteroatoms. The molecule has 0 spiro atoms. The van der Waals surface area contributed by atoms with Crippen molar-refractivity contribution >= 4 is 23.4 Å². The van der Waals surface area contributed by atoms with Gasteiger partial charge in [0, 0.05) is 18.0 Å². The number of pyridine rings is 1. The maximum Gasteiger partial charge on any atom is 0.356 e. The van der Waals surface area contributed by atoms with E-state index in [-0.39, 0.29) is 5.69 Å². The number of rotatable bonds is 2. The van der Waals surface area contributed by atoms with Crippen molar-refractivity contribution in [3.05, 3.63) is 24.0 Å². The van der Waals surface area contributed by atoms with Crippen LogP contribution in [0.5, 0.6) is 0 Å². The Bertz CT molecular complexity index is 277. The van der Waals surface area contributed by atoms with Gasteiger partial charge in [-0.2, -0.15) is 0 Å². The first-order chi connectivity index (χ1) is 5.25. The number of aromatic nitrogens is 1. The zero-order valence-electron chi connectivity index (χ0n) is 5.41. The average Bonchev–Trinajstić information content (AvgIpc) is 2.04. The summed E-state index contributed by atoms with van der Waals surface area (Å²) in [6.07, 6.45) is 1.39. The van der Waals surface area contributed by atoms with Crippen LogP contribution >= 0.6 is 11.8 Å². The number of nitrogens with one attached hydrogen (secondary N) is 1. The standard InChI is InChI=1S/C6H5ClN2O2/c7-9-4-2-1-3-8-5(4)6(10)11/h1-3,9H,(H,10,11). The molecule has 1 aromatic heterocycles. The molecule has 0 saturated carbocycles. The smallest absolute Gasteiger partial charge is 0.356 e. The largest absolute Gasteiger partial charge is 0.476 e. The van der Waals surface area contributed by atoms with E-state index in [9.17, 15) is 4.79 Å². The van der Waals surface area contributed by atoms with Gasteiger partial charge in [-0.05, 0) is 12.1 Å². The molecule has 58 valence electrons. The highest BCUT2D eigenvalue weighted by Crippen LogP contribution is 2.11. The van der Waals surface area contributed by atoms with E-state index in [1.54, 1.807) is 6.07 Å². The Kier molecular flexibility index (Phi) is 2.28. The zero-order valence-corrected chi connectivity index (χ0v) is 6.17. The monoisotopic (exact) mass is 172 g/mol. The topological polar surface area (TPSA) is 62.2 Å². The van der Waals surface area contributed by atoms with Crippen LogP contribution in [0, 0.1) is 0 Å². The molecule has 0 aliphatic rings. The number of carbonyl (C=O) groups is 1. The van der Waals surface area contributed by atoms with E-state index in [0.29, 0.717) is 5.69 Å². The van der Waals surface area contributed by atoms with Crippen LogP contribution in [-0.4, -0.2) is 16.1 Å². The van der Waals surface area contributed by atoms with Gasteiger partial charge in [-0.1, -0.05) is 0 Å². The van der Waals surface area contributed by atoms with Crippen LogP contribution in [0.2, 0.25) is 0 Å². The molecular formula is C6H5ClN2O2. The molecule has 0 atom stereocenters. The van der Waals surface area contributed by atoms with Crippen molar-refractivity contribution < 1.29 is 9.90 Å². The first kappa shape index (κ1) is 7.81. The number of nitrogens with zero attached hydrogens (tertiary/aromatic N) is 1. The molecule has 4 nitrogen and oxygen atoms in total. The van der Waals surface area contributed by atoms with Crippen LogP contribution in [-0.2, 0) is 0 Å². The lowest BCUT2D eigenvalue weighted by molar-refractivity contribution is 0.0692.